The molecule has 0 bridgehead atoms. The van der Waals surface area contributed by atoms with E-state index in [4.69, 9.17) is 0 Å². The van der Waals surface area contributed by atoms with E-state index in [9.17, 15) is 0 Å². The van der Waals surface area contributed by atoms with Gasteiger partial charge in [-0.05, 0) is 0 Å². The second kappa shape index (κ2) is 14.5. The molecule has 0 saturated heterocycles. The van der Waals surface area contributed by atoms with Crippen LogP contribution in [0.3, 0.4) is 0 Å². The van der Waals surface area contributed by atoms with Gasteiger partial charge in [-0.3, -0.25) is 0 Å². The van der Waals surface area contributed by atoms with Gasteiger partial charge in [-0.15, -0.1) is 24.8 Å². The van der Waals surface area contributed by atoms with E-state index in [1.54, 1.807) is 15.5 Å². The van der Waals surface area contributed by atoms with E-state index in [-0.39, 0.29) is 35.6 Å². The van der Waals surface area contributed by atoms with Gasteiger partial charge < -0.3 is 0 Å². The number of hydrogen-bond acceptors (Lipinski definition) is 0. The molecular weight excluding hydrogens is 838 g/mol. The van der Waals surface area contributed by atoms with Crippen molar-refractivity contribution in [3.8, 4) is 11.1 Å². The molecule has 0 fully saturated rings. The molecule has 0 heterocycles. The Bertz CT molecular complexity index is 2370. The zero-order valence-corrected chi connectivity index (χ0v) is 37.0. The Morgan fingerprint density at radius 3 is 1.69 bits per heavy atom. The van der Waals surface area contributed by atoms with Crippen molar-refractivity contribution < 1.29 is 21.0 Å². The third-order valence-electron chi connectivity index (χ3n) is 11.1. The smallest absolute Gasteiger partial charge is 0.147 e. The van der Waals surface area contributed by atoms with Crippen LogP contribution in [0, 0.1) is 13.8 Å². The molecule has 2 aliphatic rings. The van der Waals surface area contributed by atoms with Crippen LogP contribution in [-0.2, 0) is 38.2 Å². The van der Waals surface area contributed by atoms with Crippen molar-refractivity contribution in [1.82, 2.24) is 0 Å². The van der Waals surface area contributed by atoms with Crippen molar-refractivity contribution in [3.63, 3.8) is 0 Å². The molecule has 0 aliphatic heterocycles. The zero-order valence-electron chi connectivity index (χ0n) is 31.8. The van der Waals surface area contributed by atoms with Gasteiger partial charge in [-0.2, -0.15) is 0 Å². The van der Waals surface area contributed by atoms with Gasteiger partial charge in [0, 0.05) is 0 Å². The Kier molecular flexibility index (Phi) is 10.7. The van der Waals surface area contributed by atoms with E-state index in [1.165, 1.54) is 71.6 Å². The van der Waals surface area contributed by atoms with Crippen molar-refractivity contribution in [2.24, 2.45) is 0 Å². The molecule has 0 atom stereocenters. The Morgan fingerprint density at radius 1 is 0.615 bits per heavy atom. The monoisotopic (exact) mass is 888 g/mol. The van der Waals surface area contributed by atoms with Gasteiger partial charge in [0.2, 0.25) is 0 Å². The summed E-state index contributed by atoms with van der Waals surface area (Å²) in [7, 11) is 0. The van der Waals surface area contributed by atoms with Gasteiger partial charge in [0.15, 0.2) is 0 Å². The second-order valence-corrected chi connectivity index (χ2v) is 25.2. The summed E-state index contributed by atoms with van der Waals surface area (Å²) in [5.41, 5.74) is 14.9. The van der Waals surface area contributed by atoms with Crippen LogP contribution in [0.4, 0.5) is 0 Å². The average Bonchev–Trinajstić information content (AvgIpc) is 3.74. The van der Waals surface area contributed by atoms with Gasteiger partial charge in [0.1, 0.15) is 0 Å². The Labute approximate surface area is 330 Å². The Morgan fingerprint density at radius 2 is 1.15 bits per heavy atom. The Hall–Kier alpha value is -3.36. The summed E-state index contributed by atoms with van der Waals surface area (Å²) in [4.78, 5) is 0. The molecule has 0 amide bonds. The number of aryl methyl sites for hydroxylation is 1. The van der Waals surface area contributed by atoms with E-state index in [0.29, 0.717) is 0 Å². The fourth-order valence-corrected chi connectivity index (χ4v) is 21.4. The Balaban J connectivity index is 0.00000232. The van der Waals surface area contributed by atoms with Crippen LogP contribution < -0.4 is 3.32 Å². The first-order valence-electron chi connectivity index (χ1n) is 18.3. The number of fused-ring (bicyclic) bond motifs is 5. The topological polar surface area (TPSA) is 0 Å². The summed E-state index contributed by atoms with van der Waals surface area (Å²) in [5, 5.41) is 5.36. The normalized spacial score (nSPS) is 13.3. The maximum absolute atomic E-state index is 3.24. The minimum absolute atomic E-state index is 0. The van der Waals surface area contributed by atoms with Crippen LogP contribution >= 0.6 is 24.8 Å². The van der Waals surface area contributed by atoms with Crippen molar-refractivity contribution in [2.45, 2.75) is 79.1 Å². The van der Waals surface area contributed by atoms with Crippen LogP contribution in [0.25, 0.3) is 32.7 Å². The molecule has 52 heavy (non-hydrogen) atoms. The third kappa shape index (κ3) is 6.57. The van der Waals surface area contributed by atoms with E-state index >= 15 is 0 Å². The maximum atomic E-state index is 2.60. The second-order valence-electron chi connectivity index (χ2n) is 16.6. The van der Waals surface area contributed by atoms with E-state index in [1.807, 2.05) is 0 Å². The molecule has 6 aromatic rings. The summed E-state index contributed by atoms with van der Waals surface area (Å²) in [6.07, 6.45) is 9.32. The molecular formula is C49H50Cl2Hf. The van der Waals surface area contributed by atoms with Gasteiger partial charge >= 0.3 is 308 Å². The summed E-state index contributed by atoms with van der Waals surface area (Å²) in [6, 6.07) is 39.8. The fraction of sp³-hybridized carbons (Fsp3) is 0.245. The molecule has 2 aliphatic carbocycles. The van der Waals surface area contributed by atoms with E-state index in [0.717, 1.165) is 12.8 Å². The molecule has 6 aromatic carbocycles. The molecule has 0 unspecified atom stereocenters. The molecule has 0 spiro atoms. The summed E-state index contributed by atoms with van der Waals surface area (Å²) < 4.78 is 5.02. The van der Waals surface area contributed by atoms with Crippen LogP contribution in [0.1, 0.15) is 92.5 Å². The molecule has 3 heteroatoms. The zero-order chi connectivity index (χ0) is 34.9. The van der Waals surface area contributed by atoms with Crippen molar-refractivity contribution in [2.75, 3.05) is 0 Å². The molecule has 0 radical (unpaired) electrons. The minimum atomic E-state index is -3.24. The van der Waals surface area contributed by atoms with Crippen LogP contribution in [0.5, 0.6) is 0 Å². The average molecular weight is 888 g/mol. The van der Waals surface area contributed by atoms with Crippen LogP contribution in [0.2, 0.25) is 0 Å². The van der Waals surface area contributed by atoms with E-state index < -0.39 is 21.0 Å². The summed E-state index contributed by atoms with van der Waals surface area (Å²) in [5.74, 6) is 0. The van der Waals surface area contributed by atoms with Crippen molar-refractivity contribution >= 4 is 52.9 Å². The quantitative estimate of drug-likeness (QED) is 0.155. The van der Waals surface area contributed by atoms with Gasteiger partial charge in [0.05, 0.1) is 0 Å². The predicted octanol–water partition coefficient (Wildman–Crippen LogP) is 13.0. The summed E-state index contributed by atoms with van der Waals surface area (Å²) in [6.45, 7) is 19.1. The first kappa shape index (κ1) is 38.4. The first-order valence-corrected chi connectivity index (χ1v) is 23.7. The number of hydrogen-bond donors (Lipinski definition) is 0. The van der Waals surface area contributed by atoms with Gasteiger partial charge in [-0.1, -0.05) is 0 Å². The molecule has 264 valence electrons. The molecule has 0 aromatic heterocycles. The van der Waals surface area contributed by atoms with Crippen LogP contribution in [-0.4, -0.2) is 3.26 Å². The first-order chi connectivity index (χ1) is 23.9. The van der Waals surface area contributed by atoms with Gasteiger partial charge in [0.25, 0.3) is 0 Å². The minimum Gasteiger partial charge on any atom is -0.147 e. The van der Waals surface area contributed by atoms with E-state index in [2.05, 4.69) is 177 Å². The third-order valence-corrected chi connectivity index (χ3v) is 22.7. The number of allylic oxidation sites excluding steroid dienone is 4. The number of rotatable bonds is 4. The maximum Gasteiger partial charge on any atom is -0.147 e. The number of halogens is 2. The molecule has 0 saturated carbocycles. The van der Waals surface area contributed by atoms with Crippen molar-refractivity contribution in [1.29, 1.82) is 0 Å². The van der Waals surface area contributed by atoms with Gasteiger partial charge in [-0.25, -0.2) is 0 Å². The van der Waals surface area contributed by atoms with Crippen LogP contribution in [0.15, 0.2) is 125 Å². The predicted molar refractivity (Wildman–Crippen MR) is 229 cm³/mol. The molecule has 0 nitrogen and oxygen atoms in total. The SMILES string of the molecule is Cc1cc2c(cc1C(C)(C)C)-c1cc(C(C)(C)C)c(C)[c]([Hf]([C]3=CC=CC3)=[C](c3cccc4ccccc34)c3cccc4ccccc34)c1C2.Cl.Cl. The number of benzene rings is 6. The summed E-state index contributed by atoms with van der Waals surface area (Å²) >= 11 is -3.24. The molecule has 8 rings (SSSR count). The fourth-order valence-electron chi connectivity index (χ4n) is 8.92. The van der Waals surface area contributed by atoms with Crippen molar-refractivity contribution in [3.05, 3.63) is 169 Å². The standard InChI is InChI=1S/C23H29.C21H14.C5H5.2ClH.Hf/c1-14-9-16-11-17-10-15(2)21(23(6,7)8)13-19(17)18(16)12-20(14)22(3,4)5;1-3-13-20-16(7-1)9-5-11-18(20)15-19-12-6-10-17-8-2-4-14-21(17)19;1-2-4-5-3-1;;;/h9,12-13H,11H2,1-8H3;1-14H;1-3H,4H2;2*1H;. The largest absolute Gasteiger partial charge is 0.147 e. The molecule has 0 N–H and O–H groups in total.